The van der Waals surface area contributed by atoms with Crippen LogP contribution in [0.1, 0.15) is 34.1 Å². The van der Waals surface area contributed by atoms with Gasteiger partial charge in [-0.3, -0.25) is 9.80 Å². The Morgan fingerprint density at radius 1 is 1.00 bits per heavy atom. The monoisotopic (exact) mass is 584 g/mol. The molecule has 4 heterocycles. The Bertz CT molecular complexity index is 1510. The molecular weight excluding hydrogens is 555 g/mol. The Kier molecular flexibility index (Phi) is 8.00. The van der Waals surface area contributed by atoms with Crippen LogP contribution in [0.15, 0.2) is 52.9 Å². The Balaban J connectivity index is 1.05. The van der Waals surface area contributed by atoms with Crippen molar-refractivity contribution in [2.45, 2.75) is 38.8 Å². The zero-order valence-corrected chi connectivity index (χ0v) is 23.4. The summed E-state index contributed by atoms with van der Waals surface area (Å²) in [6.45, 7) is 6.78. The minimum absolute atomic E-state index is 0.147. The number of furan rings is 1. The Morgan fingerprint density at radius 2 is 1.75 bits per heavy atom. The summed E-state index contributed by atoms with van der Waals surface area (Å²) in [6.07, 6.45) is 1.15. The second-order valence-electron chi connectivity index (χ2n) is 10.2. The lowest BCUT2D eigenvalue weighted by molar-refractivity contribution is -0.0592. The minimum Gasteiger partial charge on any atom is -0.484 e. The quantitative estimate of drug-likeness (QED) is 0.268. The molecule has 0 amide bonds. The maximum absolute atomic E-state index is 11.6. The third-order valence-corrected chi connectivity index (χ3v) is 7.97. The van der Waals surface area contributed by atoms with Gasteiger partial charge < -0.3 is 23.6 Å². The predicted molar refractivity (Wildman–Crippen MR) is 151 cm³/mol. The first-order chi connectivity index (χ1) is 19.4. The van der Waals surface area contributed by atoms with Gasteiger partial charge in [0.05, 0.1) is 47.4 Å². The summed E-state index contributed by atoms with van der Waals surface area (Å²) in [6, 6.07) is 14.2. The molecule has 1 N–H and O–H groups in total. The number of rotatable bonds is 10. The standard InChI is InChI=1S/C29H30Cl2N4O5/c30-20-2-6-27(24(31)14-20)39-18-23-4-3-22(40-23)15-33-8-10-34(11-9-33)17-28-32-25-5-1-19(29(36)37)13-26(25)35(28)16-21-7-12-38-21/h1-6,13-14,21H,7-12,15-18H2,(H,36,37)/t21-/m0/s1. The first kappa shape index (κ1) is 27.1. The highest BCUT2D eigenvalue weighted by atomic mass is 35.5. The molecule has 210 valence electrons. The van der Waals surface area contributed by atoms with E-state index in [0.29, 0.717) is 28.9 Å². The van der Waals surface area contributed by atoms with E-state index in [2.05, 4.69) is 14.4 Å². The molecule has 1 atom stereocenters. The van der Waals surface area contributed by atoms with Crippen LogP contribution in [-0.4, -0.2) is 69.3 Å². The lowest BCUT2D eigenvalue weighted by Gasteiger charge is -2.34. The molecule has 2 fully saturated rings. The summed E-state index contributed by atoms with van der Waals surface area (Å²) in [5.74, 6) is 2.20. The fourth-order valence-electron chi connectivity index (χ4n) is 5.11. The number of aromatic nitrogens is 2. The molecule has 0 aliphatic carbocycles. The van der Waals surface area contributed by atoms with Crippen molar-refractivity contribution >= 4 is 40.2 Å². The normalized spacial score (nSPS) is 18.2. The molecule has 2 aliphatic heterocycles. The Labute approximate surface area is 241 Å². The third-order valence-electron chi connectivity index (χ3n) is 7.44. The van der Waals surface area contributed by atoms with Crippen LogP contribution in [0.3, 0.4) is 0 Å². The Hall–Kier alpha value is -3.08. The number of benzene rings is 2. The molecule has 0 spiro atoms. The summed E-state index contributed by atoms with van der Waals surface area (Å²) in [7, 11) is 0. The van der Waals surface area contributed by atoms with Gasteiger partial charge in [0.2, 0.25) is 0 Å². The Morgan fingerprint density at radius 3 is 2.45 bits per heavy atom. The SMILES string of the molecule is O=C(O)c1ccc2nc(CN3CCN(Cc4ccc(COc5ccc(Cl)cc5Cl)o4)CC3)n(C[C@@H]3CCO3)c2c1. The molecule has 9 nitrogen and oxygen atoms in total. The average Bonchev–Trinajstić information content (AvgIpc) is 3.50. The molecule has 11 heteroatoms. The molecule has 2 aromatic heterocycles. The number of hydrogen-bond donors (Lipinski definition) is 1. The van der Waals surface area contributed by atoms with Crippen molar-refractivity contribution in [2.75, 3.05) is 32.8 Å². The summed E-state index contributed by atoms with van der Waals surface area (Å²) in [5.41, 5.74) is 1.93. The van der Waals surface area contributed by atoms with Crippen molar-refractivity contribution < 1.29 is 23.8 Å². The molecule has 0 bridgehead atoms. The first-order valence-corrected chi connectivity index (χ1v) is 14.1. The largest absolute Gasteiger partial charge is 0.484 e. The lowest BCUT2D eigenvalue weighted by Crippen LogP contribution is -2.45. The van der Waals surface area contributed by atoms with Crippen LogP contribution in [0.4, 0.5) is 0 Å². The molecule has 40 heavy (non-hydrogen) atoms. The van der Waals surface area contributed by atoms with Crippen LogP contribution in [0.2, 0.25) is 10.0 Å². The zero-order chi connectivity index (χ0) is 27.6. The van der Waals surface area contributed by atoms with Gasteiger partial charge in [-0.1, -0.05) is 23.2 Å². The first-order valence-electron chi connectivity index (χ1n) is 13.4. The van der Waals surface area contributed by atoms with Crippen LogP contribution in [0.5, 0.6) is 5.75 Å². The zero-order valence-electron chi connectivity index (χ0n) is 21.9. The maximum atomic E-state index is 11.6. The number of nitrogens with zero attached hydrogens (tertiary/aromatic N) is 4. The smallest absolute Gasteiger partial charge is 0.335 e. The highest BCUT2D eigenvalue weighted by Gasteiger charge is 2.25. The summed E-state index contributed by atoms with van der Waals surface area (Å²) in [4.78, 5) is 21.2. The minimum atomic E-state index is -0.936. The van der Waals surface area contributed by atoms with Crippen molar-refractivity contribution in [3.8, 4) is 5.75 Å². The second-order valence-corrected chi connectivity index (χ2v) is 11.1. The molecule has 2 aromatic carbocycles. The van der Waals surface area contributed by atoms with Crippen LogP contribution >= 0.6 is 23.2 Å². The fraction of sp³-hybridized carbons (Fsp3) is 0.379. The maximum Gasteiger partial charge on any atom is 0.335 e. The van der Waals surface area contributed by atoms with Crippen molar-refractivity contribution in [1.82, 2.24) is 19.4 Å². The molecule has 0 saturated carbocycles. The predicted octanol–water partition coefficient (Wildman–Crippen LogP) is 5.32. The van der Waals surface area contributed by atoms with Gasteiger partial charge in [-0.05, 0) is 55.0 Å². The summed E-state index contributed by atoms with van der Waals surface area (Å²) in [5, 5.41) is 10.5. The van der Waals surface area contributed by atoms with E-state index in [9.17, 15) is 9.90 Å². The number of carboxylic acid groups (broad SMARTS) is 1. The molecular formula is C29H30Cl2N4O5. The van der Waals surface area contributed by atoms with Crippen molar-refractivity contribution in [3.05, 3.63) is 81.5 Å². The van der Waals surface area contributed by atoms with E-state index in [-0.39, 0.29) is 18.3 Å². The third kappa shape index (κ3) is 6.14. The van der Waals surface area contributed by atoms with Gasteiger partial charge in [0.15, 0.2) is 0 Å². The van der Waals surface area contributed by atoms with Gasteiger partial charge in [0, 0.05) is 37.8 Å². The van der Waals surface area contributed by atoms with Crippen LogP contribution in [-0.2, 0) is 31.0 Å². The number of halogens is 2. The van der Waals surface area contributed by atoms with Crippen molar-refractivity contribution in [2.24, 2.45) is 0 Å². The number of hydrogen-bond acceptors (Lipinski definition) is 7. The number of piperazine rings is 1. The van der Waals surface area contributed by atoms with E-state index < -0.39 is 5.97 Å². The van der Waals surface area contributed by atoms with Gasteiger partial charge in [-0.25, -0.2) is 9.78 Å². The van der Waals surface area contributed by atoms with Gasteiger partial charge >= 0.3 is 5.97 Å². The average molecular weight is 585 g/mol. The van der Waals surface area contributed by atoms with E-state index in [0.717, 1.165) is 74.1 Å². The molecule has 0 unspecified atom stereocenters. The molecule has 0 radical (unpaired) electrons. The summed E-state index contributed by atoms with van der Waals surface area (Å²) < 4.78 is 19.6. The summed E-state index contributed by atoms with van der Waals surface area (Å²) >= 11 is 12.1. The highest BCUT2D eigenvalue weighted by Crippen LogP contribution is 2.28. The fourth-order valence-corrected chi connectivity index (χ4v) is 5.58. The number of aromatic carboxylic acids is 1. The number of ether oxygens (including phenoxy) is 2. The van der Waals surface area contributed by atoms with Gasteiger partial charge in [0.1, 0.15) is 29.7 Å². The van der Waals surface area contributed by atoms with E-state index in [1.807, 2.05) is 12.1 Å². The number of carboxylic acids is 1. The topological polar surface area (TPSA) is 93.2 Å². The van der Waals surface area contributed by atoms with Crippen LogP contribution < -0.4 is 4.74 Å². The number of imidazole rings is 1. The second kappa shape index (κ2) is 11.8. The highest BCUT2D eigenvalue weighted by molar-refractivity contribution is 6.35. The molecule has 4 aromatic rings. The van der Waals surface area contributed by atoms with Crippen molar-refractivity contribution in [3.63, 3.8) is 0 Å². The lowest BCUT2D eigenvalue weighted by atomic mass is 10.1. The van der Waals surface area contributed by atoms with E-state index >= 15 is 0 Å². The van der Waals surface area contributed by atoms with Gasteiger partial charge in [-0.2, -0.15) is 0 Å². The molecule has 6 rings (SSSR count). The van der Waals surface area contributed by atoms with E-state index in [1.54, 1.807) is 36.4 Å². The molecule has 2 saturated heterocycles. The number of fused-ring (bicyclic) bond motifs is 1. The van der Waals surface area contributed by atoms with Gasteiger partial charge in [0.25, 0.3) is 0 Å². The van der Waals surface area contributed by atoms with Crippen LogP contribution in [0.25, 0.3) is 11.0 Å². The van der Waals surface area contributed by atoms with Crippen LogP contribution in [0, 0.1) is 0 Å². The van der Waals surface area contributed by atoms with Crippen molar-refractivity contribution in [1.29, 1.82) is 0 Å². The van der Waals surface area contributed by atoms with Gasteiger partial charge in [-0.15, -0.1) is 0 Å². The molecule has 2 aliphatic rings. The van der Waals surface area contributed by atoms with E-state index in [1.165, 1.54) is 0 Å². The number of carbonyl (C=O) groups is 1. The van der Waals surface area contributed by atoms with E-state index in [4.69, 9.17) is 42.1 Å².